The molecule has 1 saturated heterocycles. The molecule has 0 spiro atoms. The van der Waals surface area contributed by atoms with Gasteiger partial charge in [0.25, 0.3) is 5.91 Å². The second-order valence-corrected chi connectivity index (χ2v) is 7.35. The van der Waals surface area contributed by atoms with E-state index in [1.165, 1.54) is 6.42 Å². The third-order valence-corrected chi connectivity index (χ3v) is 4.65. The Kier molecular flexibility index (Phi) is 4.79. The van der Waals surface area contributed by atoms with E-state index in [-0.39, 0.29) is 5.91 Å². The van der Waals surface area contributed by atoms with Crippen molar-refractivity contribution in [3.8, 4) is 0 Å². The lowest BCUT2D eigenvalue weighted by Gasteiger charge is -2.29. The monoisotopic (exact) mass is 291 g/mol. The number of carbonyl (C=O) groups excluding carboxylic acids is 1. The number of carbonyl (C=O) groups is 1. The Morgan fingerprint density at radius 3 is 2.40 bits per heavy atom. The maximum absolute atomic E-state index is 12.5. The first kappa shape index (κ1) is 15.4. The Bertz CT molecular complexity index is 461. The van der Waals surface area contributed by atoms with Crippen LogP contribution in [0.3, 0.4) is 0 Å². The molecule has 1 aromatic carbocycles. The highest BCUT2D eigenvalue weighted by Gasteiger charge is 2.28. The van der Waals surface area contributed by atoms with Gasteiger partial charge >= 0.3 is 0 Å². The van der Waals surface area contributed by atoms with E-state index in [2.05, 4.69) is 33.4 Å². The van der Waals surface area contributed by atoms with Crippen molar-refractivity contribution in [2.45, 2.75) is 44.9 Å². The molecule has 0 N–H and O–H groups in total. The predicted octanol–water partition coefficient (Wildman–Crippen LogP) is 4.26. The average molecular weight is 291 g/mol. The standard InChI is InChI=1S/C17H25NOS/c1-17(2,3)14-5-4-11-18(12-10-14)16(19)13-6-8-15(20)9-7-13/h6-9,14,20H,4-5,10-12H2,1-3H3. The summed E-state index contributed by atoms with van der Waals surface area (Å²) in [6.07, 6.45) is 3.45. The summed E-state index contributed by atoms with van der Waals surface area (Å²) in [6, 6.07) is 7.51. The molecule has 110 valence electrons. The number of rotatable bonds is 1. The van der Waals surface area contributed by atoms with Crippen LogP contribution in [-0.2, 0) is 0 Å². The van der Waals surface area contributed by atoms with Gasteiger partial charge in [0.05, 0.1) is 0 Å². The van der Waals surface area contributed by atoms with E-state index in [0.717, 1.165) is 36.4 Å². The third-order valence-electron chi connectivity index (χ3n) is 4.35. The van der Waals surface area contributed by atoms with Gasteiger partial charge in [-0.25, -0.2) is 0 Å². The zero-order chi connectivity index (χ0) is 14.8. The average Bonchev–Trinajstić information content (AvgIpc) is 2.64. The summed E-state index contributed by atoms with van der Waals surface area (Å²) in [5.74, 6) is 0.869. The van der Waals surface area contributed by atoms with Gasteiger partial charge in [-0.1, -0.05) is 20.8 Å². The van der Waals surface area contributed by atoms with Crippen LogP contribution in [0.15, 0.2) is 29.2 Å². The molecule has 0 radical (unpaired) electrons. The van der Waals surface area contributed by atoms with Crippen LogP contribution in [0.4, 0.5) is 0 Å². The van der Waals surface area contributed by atoms with Gasteiger partial charge in [0.2, 0.25) is 0 Å². The number of amides is 1. The number of thiol groups is 1. The molecule has 0 bridgehead atoms. The molecule has 0 aliphatic carbocycles. The first-order valence-electron chi connectivity index (χ1n) is 7.46. The number of hydrogen-bond donors (Lipinski definition) is 1. The van der Waals surface area contributed by atoms with E-state index in [4.69, 9.17) is 0 Å². The Hall–Kier alpha value is -0.960. The lowest BCUT2D eigenvalue weighted by molar-refractivity contribution is 0.0755. The van der Waals surface area contributed by atoms with Gasteiger partial charge in [0.1, 0.15) is 0 Å². The fourth-order valence-electron chi connectivity index (χ4n) is 2.95. The number of hydrogen-bond acceptors (Lipinski definition) is 2. The van der Waals surface area contributed by atoms with E-state index in [1.54, 1.807) is 0 Å². The highest BCUT2D eigenvalue weighted by molar-refractivity contribution is 7.80. The minimum Gasteiger partial charge on any atom is -0.339 e. The minimum atomic E-state index is 0.160. The largest absolute Gasteiger partial charge is 0.339 e. The van der Waals surface area contributed by atoms with Gasteiger partial charge in [-0.2, -0.15) is 0 Å². The Labute approximate surface area is 128 Å². The van der Waals surface area contributed by atoms with Crippen molar-refractivity contribution in [1.82, 2.24) is 4.90 Å². The normalized spacial score (nSPS) is 20.6. The van der Waals surface area contributed by atoms with Crippen LogP contribution in [0, 0.1) is 11.3 Å². The number of likely N-dealkylation sites (tertiary alicyclic amines) is 1. The van der Waals surface area contributed by atoms with E-state index in [0.29, 0.717) is 11.3 Å². The molecule has 1 amide bonds. The van der Waals surface area contributed by atoms with Gasteiger partial charge in [0.15, 0.2) is 0 Å². The highest BCUT2D eigenvalue weighted by atomic mass is 32.1. The highest BCUT2D eigenvalue weighted by Crippen LogP contribution is 2.34. The SMILES string of the molecule is CC(C)(C)C1CCCN(C(=O)c2ccc(S)cc2)CC1. The predicted molar refractivity (Wildman–Crippen MR) is 86.4 cm³/mol. The van der Waals surface area contributed by atoms with Crippen LogP contribution < -0.4 is 0 Å². The summed E-state index contributed by atoms with van der Waals surface area (Å²) in [7, 11) is 0. The van der Waals surface area contributed by atoms with Crippen LogP contribution in [0.2, 0.25) is 0 Å². The van der Waals surface area contributed by atoms with Crippen LogP contribution >= 0.6 is 12.6 Å². The van der Waals surface area contributed by atoms with Gasteiger partial charge in [-0.3, -0.25) is 4.79 Å². The quantitative estimate of drug-likeness (QED) is 0.766. The van der Waals surface area contributed by atoms with Crippen molar-refractivity contribution < 1.29 is 4.79 Å². The lowest BCUT2D eigenvalue weighted by Crippen LogP contribution is -2.32. The van der Waals surface area contributed by atoms with Crippen molar-refractivity contribution in [3.63, 3.8) is 0 Å². The second-order valence-electron chi connectivity index (χ2n) is 6.83. The lowest BCUT2D eigenvalue weighted by atomic mass is 9.77. The van der Waals surface area contributed by atoms with Gasteiger partial charge in [0, 0.05) is 23.5 Å². The Morgan fingerprint density at radius 1 is 1.15 bits per heavy atom. The Balaban J connectivity index is 2.03. The van der Waals surface area contributed by atoms with E-state index in [9.17, 15) is 4.79 Å². The molecular weight excluding hydrogens is 266 g/mol. The minimum absolute atomic E-state index is 0.160. The molecule has 1 aliphatic heterocycles. The van der Waals surface area contributed by atoms with Crippen LogP contribution in [-0.4, -0.2) is 23.9 Å². The summed E-state index contributed by atoms with van der Waals surface area (Å²) < 4.78 is 0. The smallest absolute Gasteiger partial charge is 0.253 e. The van der Waals surface area contributed by atoms with Crippen LogP contribution in [0.25, 0.3) is 0 Å². The van der Waals surface area contributed by atoms with Crippen LogP contribution in [0.5, 0.6) is 0 Å². The topological polar surface area (TPSA) is 20.3 Å². The molecule has 1 fully saturated rings. The molecular formula is C17H25NOS. The summed E-state index contributed by atoms with van der Waals surface area (Å²) in [6.45, 7) is 8.68. The van der Waals surface area contributed by atoms with Crippen LogP contribution in [0.1, 0.15) is 50.4 Å². The molecule has 1 aliphatic rings. The summed E-state index contributed by atoms with van der Waals surface area (Å²) in [5, 5.41) is 0. The molecule has 1 unspecified atom stereocenters. The summed E-state index contributed by atoms with van der Waals surface area (Å²) in [5.41, 5.74) is 1.12. The van der Waals surface area contributed by atoms with E-state index < -0.39 is 0 Å². The second kappa shape index (κ2) is 6.21. The van der Waals surface area contributed by atoms with Crippen molar-refractivity contribution >= 4 is 18.5 Å². The van der Waals surface area contributed by atoms with Crippen molar-refractivity contribution in [1.29, 1.82) is 0 Å². The molecule has 2 rings (SSSR count). The van der Waals surface area contributed by atoms with Crippen molar-refractivity contribution in [2.24, 2.45) is 11.3 Å². The molecule has 3 heteroatoms. The fraction of sp³-hybridized carbons (Fsp3) is 0.588. The van der Waals surface area contributed by atoms with E-state index >= 15 is 0 Å². The first-order valence-corrected chi connectivity index (χ1v) is 7.91. The van der Waals surface area contributed by atoms with Crippen molar-refractivity contribution in [3.05, 3.63) is 29.8 Å². The van der Waals surface area contributed by atoms with E-state index in [1.807, 2.05) is 29.2 Å². The molecule has 0 saturated carbocycles. The van der Waals surface area contributed by atoms with Crippen molar-refractivity contribution in [2.75, 3.05) is 13.1 Å². The number of benzene rings is 1. The van der Waals surface area contributed by atoms with Gasteiger partial charge in [-0.15, -0.1) is 12.6 Å². The maximum atomic E-state index is 12.5. The van der Waals surface area contributed by atoms with Gasteiger partial charge in [-0.05, 0) is 54.9 Å². The maximum Gasteiger partial charge on any atom is 0.253 e. The zero-order valence-corrected chi connectivity index (χ0v) is 13.6. The Morgan fingerprint density at radius 2 is 1.80 bits per heavy atom. The summed E-state index contributed by atoms with van der Waals surface area (Å²) >= 11 is 4.26. The number of nitrogens with zero attached hydrogens (tertiary/aromatic N) is 1. The molecule has 1 aromatic rings. The molecule has 1 atom stereocenters. The molecule has 2 nitrogen and oxygen atoms in total. The third kappa shape index (κ3) is 3.78. The van der Waals surface area contributed by atoms with Gasteiger partial charge < -0.3 is 4.90 Å². The summed E-state index contributed by atoms with van der Waals surface area (Å²) in [4.78, 5) is 15.4. The fourth-order valence-corrected chi connectivity index (χ4v) is 3.10. The molecule has 20 heavy (non-hydrogen) atoms. The molecule has 0 aromatic heterocycles. The first-order chi connectivity index (χ1) is 9.38. The zero-order valence-electron chi connectivity index (χ0n) is 12.7. The molecule has 1 heterocycles.